The highest BCUT2D eigenvalue weighted by Crippen LogP contribution is 2.18. The number of hydrogen-bond acceptors (Lipinski definition) is 4. The summed E-state index contributed by atoms with van der Waals surface area (Å²) in [6.45, 7) is 0.233. The molecule has 1 aromatic carbocycles. The van der Waals surface area contributed by atoms with E-state index in [1.807, 2.05) is 0 Å². The van der Waals surface area contributed by atoms with Gasteiger partial charge in [0.15, 0.2) is 11.6 Å². The molecule has 1 unspecified atom stereocenters. The predicted molar refractivity (Wildman–Crippen MR) is 67.6 cm³/mol. The van der Waals surface area contributed by atoms with Crippen LogP contribution in [0.2, 0.25) is 0 Å². The number of nitrogens with zero attached hydrogens (tertiary/aromatic N) is 2. The molecule has 0 saturated carbocycles. The number of hydrogen-bond donors (Lipinski definition) is 0. The van der Waals surface area contributed by atoms with E-state index in [0.717, 1.165) is 6.07 Å². The van der Waals surface area contributed by atoms with Crippen LogP contribution in [0.3, 0.4) is 0 Å². The van der Waals surface area contributed by atoms with Crippen LogP contribution in [-0.2, 0) is 15.9 Å². The number of benzene rings is 1. The highest BCUT2D eigenvalue weighted by atomic mass is 19.2. The van der Waals surface area contributed by atoms with Crippen molar-refractivity contribution in [1.29, 1.82) is 0 Å². The first-order valence-electron chi connectivity index (χ1n) is 5.87. The van der Waals surface area contributed by atoms with Crippen LogP contribution in [-0.4, -0.2) is 38.6 Å². The maximum atomic E-state index is 13.6. The van der Waals surface area contributed by atoms with Gasteiger partial charge in [0.2, 0.25) is 11.8 Å². The first-order chi connectivity index (χ1) is 9.55. The molecule has 0 fully saturated rings. The lowest BCUT2D eigenvalue weighted by Gasteiger charge is -2.20. The Morgan fingerprint density at radius 2 is 1.80 bits per heavy atom. The van der Waals surface area contributed by atoms with Gasteiger partial charge in [0, 0.05) is 12.5 Å². The third kappa shape index (κ3) is 2.92. The standard InChI is InChI=1S/C13H13F3N2O2/c1-19-12-6-17-13(20-2)11(18-12)4-7-3-9(15)10(16)5-8(7)14/h3,5,11H,4,6H2,1-2H3. The van der Waals surface area contributed by atoms with E-state index in [4.69, 9.17) is 9.47 Å². The van der Waals surface area contributed by atoms with Crippen LogP contribution in [0.15, 0.2) is 22.1 Å². The zero-order valence-electron chi connectivity index (χ0n) is 11.0. The third-order valence-corrected chi connectivity index (χ3v) is 2.90. The van der Waals surface area contributed by atoms with Crippen molar-refractivity contribution in [2.45, 2.75) is 12.5 Å². The fourth-order valence-corrected chi connectivity index (χ4v) is 1.90. The van der Waals surface area contributed by atoms with Gasteiger partial charge in [-0.2, -0.15) is 0 Å². The lowest BCUT2D eigenvalue weighted by atomic mass is 10.0. The summed E-state index contributed by atoms with van der Waals surface area (Å²) in [5, 5.41) is 0. The van der Waals surface area contributed by atoms with Crippen LogP contribution >= 0.6 is 0 Å². The third-order valence-electron chi connectivity index (χ3n) is 2.90. The molecule has 0 bridgehead atoms. The Hall–Kier alpha value is -2.05. The molecule has 0 aliphatic carbocycles. The Labute approximate surface area is 113 Å². The molecular formula is C13H13F3N2O2. The van der Waals surface area contributed by atoms with Gasteiger partial charge in [-0.15, -0.1) is 0 Å². The zero-order valence-corrected chi connectivity index (χ0v) is 11.0. The second kappa shape index (κ2) is 5.94. The average Bonchev–Trinajstić information content (AvgIpc) is 2.44. The lowest BCUT2D eigenvalue weighted by molar-refractivity contribution is 0.358. The summed E-state index contributed by atoms with van der Waals surface area (Å²) in [5.74, 6) is -2.49. The maximum absolute atomic E-state index is 13.6. The van der Waals surface area contributed by atoms with Gasteiger partial charge in [0.25, 0.3) is 0 Å². The molecule has 0 radical (unpaired) electrons. The monoisotopic (exact) mass is 286 g/mol. The van der Waals surface area contributed by atoms with Crippen molar-refractivity contribution in [1.82, 2.24) is 0 Å². The normalized spacial score (nSPS) is 18.4. The molecule has 0 spiro atoms. The second-order valence-corrected chi connectivity index (χ2v) is 4.16. The summed E-state index contributed by atoms with van der Waals surface area (Å²) < 4.78 is 49.7. The molecule has 0 aromatic heterocycles. The summed E-state index contributed by atoms with van der Waals surface area (Å²) in [6, 6.07) is 0.704. The molecule has 1 aliphatic heterocycles. The Morgan fingerprint density at radius 3 is 2.45 bits per heavy atom. The molecule has 0 N–H and O–H groups in total. The van der Waals surface area contributed by atoms with Crippen molar-refractivity contribution in [3.63, 3.8) is 0 Å². The molecule has 1 aromatic rings. The van der Waals surface area contributed by atoms with Gasteiger partial charge in [-0.25, -0.2) is 23.2 Å². The van der Waals surface area contributed by atoms with Crippen molar-refractivity contribution in [3.8, 4) is 0 Å². The minimum absolute atomic E-state index is 0.000229. The van der Waals surface area contributed by atoms with Gasteiger partial charge < -0.3 is 9.47 Å². The predicted octanol–water partition coefficient (Wildman–Crippen LogP) is 2.12. The van der Waals surface area contributed by atoms with Gasteiger partial charge in [-0.3, -0.25) is 0 Å². The summed E-state index contributed by atoms with van der Waals surface area (Å²) in [5.41, 5.74) is -0.000229. The molecule has 1 aliphatic rings. The summed E-state index contributed by atoms with van der Waals surface area (Å²) >= 11 is 0. The van der Waals surface area contributed by atoms with Gasteiger partial charge in [0.1, 0.15) is 18.4 Å². The summed E-state index contributed by atoms with van der Waals surface area (Å²) in [4.78, 5) is 8.29. The van der Waals surface area contributed by atoms with E-state index in [9.17, 15) is 13.2 Å². The topological polar surface area (TPSA) is 43.2 Å². The molecule has 4 nitrogen and oxygen atoms in total. The molecule has 0 saturated heterocycles. The molecular weight excluding hydrogens is 273 g/mol. The molecule has 0 amide bonds. The van der Waals surface area contributed by atoms with E-state index < -0.39 is 23.5 Å². The minimum Gasteiger partial charge on any atom is -0.483 e. The van der Waals surface area contributed by atoms with Gasteiger partial charge in [-0.1, -0.05) is 0 Å². The molecule has 1 atom stereocenters. The Balaban J connectivity index is 2.27. The Bertz CT molecular complexity index is 573. The molecule has 20 heavy (non-hydrogen) atoms. The van der Waals surface area contributed by atoms with Crippen LogP contribution in [0.25, 0.3) is 0 Å². The number of halogens is 3. The van der Waals surface area contributed by atoms with Crippen LogP contribution in [0, 0.1) is 17.5 Å². The number of rotatable bonds is 2. The van der Waals surface area contributed by atoms with Crippen LogP contribution in [0.1, 0.15) is 5.56 Å². The Morgan fingerprint density at radius 1 is 1.10 bits per heavy atom. The van der Waals surface area contributed by atoms with Crippen molar-refractivity contribution >= 4 is 11.8 Å². The van der Waals surface area contributed by atoms with Crippen molar-refractivity contribution in [2.24, 2.45) is 9.98 Å². The molecule has 7 heteroatoms. The van der Waals surface area contributed by atoms with E-state index in [1.54, 1.807) is 0 Å². The fourth-order valence-electron chi connectivity index (χ4n) is 1.90. The van der Waals surface area contributed by atoms with Crippen LogP contribution in [0.5, 0.6) is 0 Å². The quantitative estimate of drug-likeness (QED) is 0.782. The van der Waals surface area contributed by atoms with E-state index in [-0.39, 0.29) is 18.5 Å². The maximum Gasteiger partial charge on any atom is 0.209 e. The summed E-state index contributed by atoms with van der Waals surface area (Å²) in [7, 11) is 2.86. The number of aliphatic imine (C=N–C) groups is 2. The van der Waals surface area contributed by atoms with E-state index in [0.29, 0.717) is 17.9 Å². The second-order valence-electron chi connectivity index (χ2n) is 4.16. The van der Waals surface area contributed by atoms with Crippen molar-refractivity contribution in [3.05, 3.63) is 35.1 Å². The van der Waals surface area contributed by atoms with E-state index in [1.165, 1.54) is 14.2 Å². The van der Waals surface area contributed by atoms with Crippen molar-refractivity contribution in [2.75, 3.05) is 20.8 Å². The first-order valence-corrected chi connectivity index (χ1v) is 5.87. The molecule has 2 rings (SSSR count). The molecule has 108 valence electrons. The van der Waals surface area contributed by atoms with Crippen molar-refractivity contribution < 1.29 is 22.6 Å². The minimum atomic E-state index is -1.23. The first kappa shape index (κ1) is 14.4. The lowest BCUT2D eigenvalue weighted by Crippen LogP contribution is -2.31. The van der Waals surface area contributed by atoms with E-state index in [2.05, 4.69) is 9.98 Å². The smallest absolute Gasteiger partial charge is 0.209 e. The highest BCUT2D eigenvalue weighted by Gasteiger charge is 2.24. The highest BCUT2D eigenvalue weighted by molar-refractivity contribution is 5.92. The summed E-state index contributed by atoms with van der Waals surface area (Å²) in [6.07, 6.45) is 0.00255. The van der Waals surface area contributed by atoms with Crippen LogP contribution in [0.4, 0.5) is 13.2 Å². The van der Waals surface area contributed by atoms with Gasteiger partial charge in [0.05, 0.1) is 14.2 Å². The van der Waals surface area contributed by atoms with Gasteiger partial charge in [-0.05, 0) is 11.6 Å². The van der Waals surface area contributed by atoms with E-state index >= 15 is 0 Å². The number of methoxy groups -OCH3 is 2. The Kier molecular flexibility index (Phi) is 4.26. The fraction of sp³-hybridized carbons (Fsp3) is 0.385. The van der Waals surface area contributed by atoms with Gasteiger partial charge >= 0.3 is 0 Å². The SMILES string of the molecule is COC1=NC(Cc2cc(F)c(F)cc2F)C(OC)=NC1. The average molecular weight is 286 g/mol. The van der Waals surface area contributed by atoms with Crippen LogP contribution < -0.4 is 0 Å². The number of ether oxygens (including phenoxy) is 2. The zero-order chi connectivity index (χ0) is 14.7. The largest absolute Gasteiger partial charge is 0.483 e. The molecule has 1 heterocycles.